The van der Waals surface area contributed by atoms with E-state index in [-0.39, 0.29) is 0 Å². The monoisotopic (exact) mass is 514 g/mol. The molecule has 0 amide bonds. The van der Waals surface area contributed by atoms with Crippen LogP contribution in [0.5, 0.6) is 0 Å². The molecule has 168 valence electrons. The zero-order valence-electron chi connectivity index (χ0n) is 17.6. The minimum absolute atomic E-state index is 0.418. The van der Waals surface area contributed by atoms with Crippen molar-refractivity contribution in [3.63, 3.8) is 0 Å². The van der Waals surface area contributed by atoms with E-state index in [1.54, 1.807) is 22.9 Å². The molecule has 0 spiro atoms. The lowest BCUT2D eigenvalue weighted by Crippen LogP contribution is -2.34. The fourth-order valence-corrected chi connectivity index (χ4v) is 4.28. The summed E-state index contributed by atoms with van der Waals surface area (Å²) >= 11 is 24.5. The normalized spacial score (nSPS) is 10.8. The highest BCUT2D eigenvalue weighted by Crippen LogP contribution is 2.24. The van der Waals surface area contributed by atoms with E-state index in [4.69, 9.17) is 47.0 Å². The molecule has 0 aliphatic rings. The maximum Gasteiger partial charge on any atom is 0.175 e. The Kier molecular flexibility index (Phi) is 7.89. The number of anilines is 1. The van der Waals surface area contributed by atoms with Gasteiger partial charge < -0.3 is 10.2 Å². The first-order chi connectivity index (χ1) is 16.0. The molecule has 8 heteroatoms. The van der Waals surface area contributed by atoms with Crippen LogP contribution in [0.1, 0.15) is 16.7 Å². The fourth-order valence-electron chi connectivity index (χ4n) is 3.37. The first kappa shape index (κ1) is 23.6. The minimum Gasteiger partial charge on any atom is -0.340 e. The lowest BCUT2D eigenvalue weighted by Gasteiger charge is -2.25. The van der Waals surface area contributed by atoms with Gasteiger partial charge in [0.2, 0.25) is 0 Å². The molecule has 4 rings (SSSR count). The summed E-state index contributed by atoms with van der Waals surface area (Å²) in [6, 6.07) is 27.6. The molecule has 0 bridgehead atoms. The maximum atomic E-state index is 6.44. The van der Waals surface area contributed by atoms with Crippen molar-refractivity contribution in [2.24, 2.45) is 0 Å². The summed E-state index contributed by atoms with van der Waals surface area (Å²) < 4.78 is 1.67. The number of nitrogens with zero attached hydrogens (tertiary/aromatic N) is 3. The number of hydrogen-bond acceptors (Lipinski definition) is 2. The smallest absolute Gasteiger partial charge is 0.175 e. The van der Waals surface area contributed by atoms with Crippen LogP contribution >= 0.6 is 47.0 Å². The predicted molar refractivity (Wildman–Crippen MR) is 141 cm³/mol. The molecule has 0 radical (unpaired) electrons. The standard InChI is InChI=1S/C25H21Cl3N4S/c26-21-12-11-20(22(27)13-21)17-32-23(28)14-24(30-32)29-25(33)31(15-18-7-3-1-4-8-18)16-19-9-5-2-6-10-19/h1-14H,15-17H2,(H,29,30,33). The summed E-state index contributed by atoms with van der Waals surface area (Å²) in [4.78, 5) is 2.10. The number of nitrogens with one attached hydrogen (secondary N) is 1. The van der Waals surface area contributed by atoms with Crippen LogP contribution in [0.3, 0.4) is 0 Å². The molecule has 33 heavy (non-hydrogen) atoms. The van der Waals surface area contributed by atoms with Gasteiger partial charge in [-0.15, -0.1) is 0 Å². The molecular weight excluding hydrogens is 495 g/mol. The van der Waals surface area contributed by atoms with E-state index in [1.807, 2.05) is 42.5 Å². The van der Waals surface area contributed by atoms with Gasteiger partial charge in [0.15, 0.2) is 10.9 Å². The summed E-state index contributed by atoms with van der Waals surface area (Å²) in [5, 5.41) is 10.0. The summed E-state index contributed by atoms with van der Waals surface area (Å²) in [7, 11) is 0. The Bertz CT molecular complexity index is 1190. The van der Waals surface area contributed by atoms with E-state index in [0.717, 1.165) is 5.56 Å². The lowest BCUT2D eigenvalue weighted by atomic mass is 10.2. The first-order valence-corrected chi connectivity index (χ1v) is 11.8. The van der Waals surface area contributed by atoms with E-state index < -0.39 is 0 Å². The molecule has 0 saturated heterocycles. The lowest BCUT2D eigenvalue weighted by molar-refractivity contribution is 0.412. The van der Waals surface area contributed by atoms with Gasteiger partial charge in [0.05, 0.1) is 6.54 Å². The Hall–Kier alpha value is -2.57. The van der Waals surface area contributed by atoms with Crippen LogP contribution in [0.25, 0.3) is 0 Å². The highest BCUT2D eigenvalue weighted by atomic mass is 35.5. The van der Waals surface area contributed by atoms with Crippen molar-refractivity contribution in [3.05, 3.63) is 117 Å². The Morgan fingerprint density at radius 1 is 0.848 bits per heavy atom. The fraction of sp³-hybridized carbons (Fsp3) is 0.120. The number of aromatic nitrogens is 2. The minimum atomic E-state index is 0.418. The number of halogens is 3. The van der Waals surface area contributed by atoms with Gasteiger partial charge in [-0.1, -0.05) is 102 Å². The SMILES string of the molecule is S=C(Nc1cc(Cl)n(Cc2ccc(Cl)cc2Cl)n1)N(Cc1ccccc1)Cc1ccccc1. The van der Waals surface area contributed by atoms with Crippen LogP contribution in [0.15, 0.2) is 84.9 Å². The molecule has 0 fully saturated rings. The first-order valence-electron chi connectivity index (χ1n) is 10.3. The van der Waals surface area contributed by atoms with Gasteiger partial charge >= 0.3 is 0 Å². The molecule has 3 aromatic carbocycles. The molecule has 4 aromatic rings. The summed E-state index contributed by atoms with van der Waals surface area (Å²) in [6.45, 7) is 1.74. The van der Waals surface area contributed by atoms with E-state index in [0.29, 0.717) is 45.8 Å². The summed E-state index contributed by atoms with van der Waals surface area (Å²) in [5.74, 6) is 0.571. The number of benzene rings is 3. The molecule has 0 atom stereocenters. The molecular formula is C25H21Cl3N4S. The van der Waals surface area contributed by atoms with Gasteiger partial charge in [-0.25, -0.2) is 4.68 Å². The van der Waals surface area contributed by atoms with E-state index in [9.17, 15) is 0 Å². The second-order valence-electron chi connectivity index (χ2n) is 7.50. The third-order valence-electron chi connectivity index (χ3n) is 5.02. The quantitative estimate of drug-likeness (QED) is 0.262. The number of thiocarbonyl (C=S) groups is 1. The van der Waals surface area contributed by atoms with Crippen LogP contribution in [0, 0.1) is 0 Å². The van der Waals surface area contributed by atoms with Gasteiger partial charge in [0, 0.05) is 29.2 Å². The van der Waals surface area contributed by atoms with Crippen molar-refractivity contribution in [1.82, 2.24) is 14.7 Å². The van der Waals surface area contributed by atoms with Crippen LogP contribution in [0.2, 0.25) is 15.2 Å². The van der Waals surface area contributed by atoms with Crippen molar-refractivity contribution in [3.8, 4) is 0 Å². The van der Waals surface area contributed by atoms with Gasteiger partial charge in [-0.05, 0) is 41.0 Å². The topological polar surface area (TPSA) is 33.1 Å². The predicted octanol–water partition coefficient (Wildman–Crippen LogP) is 7.29. The summed E-state index contributed by atoms with van der Waals surface area (Å²) in [6.07, 6.45) is 0. The number of hydrogen-bond donors (Lipinski definition) is 1. The largest absolute Gasteiger partial charge is 0.340 e. The molecule has 0 aliphatic carbocycles. The van der Waals surface area contributed by atoms with Gasteiger partial charge in [0.1, 0.15) is 5.15 Å². The van der Waals surface area contributed by atoms with Crippen LogP contribution < -0.4 is 5.32 Å². The average molecular weight is 516 g/mol. The summed E-state index contributed by atoms with van der Waals surface area (Å²) in [5.41, 5.74) is 3.20. The van der Waals surface area contributed by atoms with E-state index >= 15 is 0 Å². The Labute approximate surface area is 213 Å². The Morgan fingerprint density at radius 2 is 1.45 bits per heavy atom. The molecule has 1 N–H and O–H groups in total. The third-order valence-corrected chi connectivity index (χ3v) is 6.27. The van der Waals surface area contributed by atoms with Gasteiger partial charge in [-0.3, -0.25) is 0 Å². The molecule has 0 aliphatic heterocycles. The van der Waals surface area contributed by atoms with E-state index in [2.05, 4.69) is 39.6 Å². The average Bonchev–Trinajstić information content (AvgIpc) is 3.15. The van der Waals surface area contributed by atoms with E-state index in [1.165, 1.54) is 11.1 Å². The van der Waals surface area contributed by atoms with Crippen LogP contribution in [-0.4, -0.2) is 19.8 Å². The second-order valence-corrected chi connectivity index (χ2v) is 9.12. The van der Waals surface area contributed by atoms with Crippen LogP contribution in [-0.2, 0) is 19.6 Å². The highest BCUT2D eigenvalue weighted by Gasteiger charge is 2.15. The van der Waals surface area contributed by atoms with Crippen LogP contribution in [0.4, 0.5) is 5.82 Å². The molecule has 0 unspecified atom stereocenters. The zero-order chi connectivity index (χ0) is 23.2. The van der Waals surface area contributed by atoms with Gasteiger partial charge in [0.25, 0.3) is 0 Å². The molecule has 1 heterocycles. The van der Waals surface area contributed by atoms with Crippen molar-refractivity contribution >= 4 is 58.0 Å². The third kappa shape index (κ3) is 6.49. The van der Waals surface area contributed by atoms with Gasteiger partial charge in [-0.2, -0.15) is 5.10 Å². The molecule has 1 aromatic heterocycles. The highest BCUT2D eigenvalue weighted by molar-refractivity contribution is 7.80. The van der Waals surface area contributed by atoms with Crippen molar-refractivity contribution in [1.29, 1.82) is 0 Å². The number of rotatable bonds is 7. The second kappa shape index (κ2) is 11.0. The Morgan fingerprint density at radius 3 is 2.03 bits per heavy atom. The Balaban J connectivity index is 1.50. The molecule has 4 nitrogen and oxygen atoms in total. The van der Waals surface area contributed by atoms with Crippen molar-refractivity contribution in [2.45, 2.75) is 19.6 Å². The molecule has 0 saturated carbocycles. The maximum absolute atomic E-state index is 6.44. The van der Waals surface area contributed by atoms with Crippen molar-refractivity contribution in [2.75, 3.05) is 5.32 Å². The zero-order valence-corrected chi connectivity index (χ0v) is 20.7. The van der Waals surface area contributed by atoms with Crippen molar-refractivity contribution < 1.29 is 0 Å².